The topological polar surface area (TPSA) is 66.4 Å². The highest BCUT2D eigenvalue weighted by atomic mass is 79.9. The SMILES string of the molecule is CCC(CC)C(=O)Nc1cc(Br)ccc1C(=O)O. The Labute approximate surface area is 115 Å². The van der Waals surface area contributed by atoms with Crippen molar-refractivity contribution in [2.24, 2.45) is 5.92 Å². The first-order valence-electron chi connectivity index (χ1n) is 5.83. The smallest absolute Gasteiger partial charge is 0.337 e. The minimum absolute atomic E-state index is 0.0920. The fourth-order valence-electron chi connectivity index (χ4n) is 1.70. The molecule has 0 unspecified atom stereocenters. The third kappa shape index (κ3) is 3.57. The Morgan fingerprint density at radius 2 is 1.94 bits per heavy atom. The van der Waals surface area contributed by atoms with Crippen LogP contribution in [0.1, 0.15) is 37.0 Å². The number of carboxylic acid groups (broad SMARTS) is 1. The number of anilines is 1. The molecular formula is C13H16BrNO3. The number of nitrogens with one attached hydrogen (secondary N) is 1. The summed E-state index contributed by atoms with van der Waals surface area (Å²) in [5.41, 5.74) is 0.422. The van der Waals surface area contributed by atoms with E-state index in [2.05, 4.69) is 21.2 Å². The minimum Gasteiger partial charge on any atom is -0.478 e. The van der Waals surface area contributed by atoms with Gasteiger partial charge < -0.3 is 10.4 Å². The van der Waals surface area contributed by atoms with Gasteiger partial charge in [-0.05, 0) is 31.0 Å². The Bertz CT molecular complexity index is 456. The standard InChI is InChI=1S/C13H16BrNO3/c1-3-8(4-2)12(16)15-11-7-9(14)5-6-10(11)13(17)18/h5-8H,3-4H2,1-2H3,(H,15,16)(H,17,18). The molecular weight excluding hydrogens is 298 g/mol. The molecule has 0 aliphatic rings. The number of benzene rings is 1. The highest BCUT2D eigenvalue weighted by Crippen LogP contribution is 2.23. The van der Waals surface area contributed by atoms with E-state index in [0.717, 1.165) is 17.3 Å². The summed E-state index contributed by atoms with van der Waals surface area (Å²) in [4.78, 5) is 23.0. The Kier molecular flexibility index (Phi) is 5.34. The molecule has 0 heterocycles. The van der Waals surface area contributed by atoms with Crippen LogP contribution in [0.2, 0.25) is 0 Å². The molecule has 0 radical (unpaired) electrons. The molecule has 0 bridgehead atoms. The van der Waals surface area contributed by atoms with Crippen LogP contribution < -0.4 is 5.32 Å². The molecule has 0 saturated heterocycles. The van der Waals surface area contributed by atoms with Crippen LogP contribution in [0.25, 0.3) is 0 Å². The van der Waals surface area contributed by atoms with Crippen molar-refractivity contribution < 1.29 is 14.7 Å². The fraction of sp³-hybridized carbons (Fsp3) is 0.385. The Hall–Kier alpha value is -1.36. The van der Waals surface area contributed by atoms with Gasteiger partial charge in [-0.3, -0.25) is 4.79 Å². The maximum atomic E-state index is 11.9. The molecule has 0 aliphatic heterocycles. The molecule has 5 heteroatoms. The van der Waals surface area contributed by atoms with Crippen LogP contribution in [-0.4, -0.2) is 17.0 Å². The molecule has 98 valence electrons. The van der Waals surface area contributed by atoms with Crippen LogP contribution in [-0.2, 0) is 4.79 Å². The lowest BCUT2D eigenvalue weighted by molar-refractivity contribution is -0.120. The van der Waals surface area contributed by atoms with Crippen molar-refractivity contribution in [2.45, 2.75) is 26.7 Å². The van der Waals surface area contributed by atoms with Crippen molar-refractivity contribution in [3.8, 4) is 0 Å². The Balaban J connectivity index is 2.99. The van der Waals surface area contributed by atoms with Gasteiger partial charge in [-0.15, -0.1) is 0 Å². The molecule has 0 saturated carbocycles. The van der Waals surface area contributed by atoms with E-state index in [4.69, 9.17) is 5.11 Å². The van der Waals surface area contributed by atoms with Crippen LogP contribution in [0.5, 0.6) is 0 Å². The van der Waals surface area contributed by atoms with Crippen molar-refractivity contribution in [3.05, 3.63) is 28.2 Å². The van der Waals surface area contributed by atoms with Gasteiger partial charge in [0, 0.05) is 10.4 Å². The predicted molar refractivity (Wildman–Crippen MR) is 73.8 cm³/mol. The van der Waals surface area contributed by atoms with Gasteiger partial charge in [0.1, 0.15) is 0 Å². The molecule has 1 aromatic rings. The van der Waals surface area contributed by atoms with E-state index >= 15 is 0 Å². The third-order valence-corrected chi connectivity index (χ3v) is 3.32. The number of rotatable bonds is 5. The summed E-state index contributed by atoms with van der Waals surface area (Å²) in [6.45, 7) is 3.87. The number of carbonyl (C=O) groups excluding carboxylic acids is 1. The summed E-state index contributed by atoms with van der Waals surface area (Å²) in [5.74, 6) is -1.28. The highest BCUT2D eigenvalue weighted by Gasteiger charge is 2.17. The van der Waals surface area contributed by atoms with Gasteiger partial charge >= 0.3 is 5.97 Å². The largest absolute Gasteiger partial charge is 0.478 e. The molecule has 1 amide bonds. The van der Waals surface area contributed by atoms with E-state index in [1.807, 2.05) is 13.8 Å². The second-order valence-electron chi connectivity index (χ2n) is 4.00. The summed E-state index contributed by atoms with van der Waals surface area (Å²) in [6, 6.07) is 4.70. The van der Waals surface area contributed by atoms with Gasteiger partial charge in [-0.1, -0.05) is 29.8 Å². The van der Waals surface area contributed by atoms with Crippen molar-refractivity contribution in [1.82, 2.24) is 0 Å². The fourth-order valence-corrected chi connectivity index (χ4v) is 2.06. The van der Waals surface area contributed by atoms with E-state index in [1.165, 1.54) is 6.07 Å². The second kappa shape index (κ2) is 6.54. The van der Waals surface area contributed by atoms with Crippen molar-refractivity contribution in [1.29, 1.82) is 0 Å². The summed E-state index contributed by atoms with van der Waals surface area (Å²) in [6.07, 6.45) is 1.47. The highest BCUT2D eigenvalue weighted by molar-refractivity contribution is 9.10. The molecule has 0 aromatic heterocycles. The minimum atomic E-state index is -1.05. The molecule has 18 heavy (non-hydrogen) atoms. The number of amides is 1. The number of hydrogen-bond acceptors (Lipinski definition) is 2. The zero-order chi connectivity index (χ0) is 13.7. The number of halogens is 1. The van der Waals surface area contributed by atoms with Gasteiger partial charge in [0.2, 0.25) is 5.91 Å². The van der Waals surface area contributed by atoms with Crippen LogP contribution >= 0.6 is 15.9 Å². The third-order valence-electron chi connectivity index (χ3n) is 2.83. The van der Waals surface area contributed by atoms with E-state index in [-0.39, 0.29) is 17.4 Å². The van der Waals surface area contributed by atoms with Crippen LogP contribution in [0.15, 0.2) is 22.7 Å². The summed E-state index contributed by atoms with van der Waals surface area (Å²) >= 11 is 3.26. The summed E-state index contributed by atoms with van der Waals surface area (Å²) < 4.78 is 0.729. The molecule has 2 N–H and O–H groups in total. The zero-order valence-electron chi connectivity index (χ0n) is 10.4. The van der Waals surface area contributed by atoms with Gasteiger partial charge in [0.25, 0.3) is 0 Å². The van der Waals surface area contributed by atoms with Crippen LogP contribution in [0.3, 0.4) is 0 Å². The number of carboxylic acids is 1. The van der Waals surface area contributed by atoms with Crippen LogP contribution in [0.4, 0.5) is 5.69 Å². The second-order valence-corrected chi connectivity index (χ2v) is 4.91. The molecule has 1 aromatic carbocycles. The van der Waals surface area contributed by atoms with Crippen molar-refractivity contribution >= 4 is 33.5 Å². The summed E-state index contributed by atoms with van der Waals surface area (Å²) in [7, 11) is 0. The number of hydrogen-bond donors (Lipinski definition) is 2. The normalized spacial score (nSPS) is 10.4. The Morgan fingerprint density at radius 3 is 2.44 bits per heavy atom. The number of carbonyl (C=O) groups is 2. The molecule has 0 spiro atoms. The lowest BCUT2D eigenvalue weighted by atomic mass is 10.0. The van der Waals surface area contributed by atoms with Gasteiger partial charge in [0.15, 0.2) is 0 Å². The van der Waals surface area contributed by atoms with Gasteiger partial charge in [0.05, 0.1) is 11.3 Å². The first kappa shape index (κ1) is 14.7. The van der Waals surface area contributed by atoms with Crippen LogP contribution in [0, 0.1) is 5.92 Å². The first-order valence-corrected chi connectivity index (χ1v) is 6.62. The maximum absolute atomic E-state index is 11.9. The lowest BCUT2D eigenvalue weighted by Gasteiger charge is -2.14. The molecule has 0 aliphatic carbocycles. The number of aromatic carboxylic acids is 1. The summed E-state index contributed by atoms with van der Waals surface area (Å²) in [5, 5.41) is 11.7. The predicted octanol–water partition coefficient (Wildman–Crippen LogP) is 3.52. The van der Waals surface area contributed by atoms with Crippen molar-refractivity contribution in [2.75, 3.05) is 5.32 Å². The quantitative estimate of drug-likeness (QED) is 0.874. The molecule has 4 nitrogen and oxygen atoms in total. The van der Waals surface area contributed by atoms with E-state index in [0.29, 0.717) is 5.69 Å². The molecule has 0 atom stereocenters. The van der Waals surface area contributed by atoms with Crippen molar-refractivity contribution in [3.63, 3.8) is 0 Å². The average Bonchev–Trinajstić information content (AvgIpc) is 2.30. The van der Waals surface area contributed by atoms with Gasteiger partial charge in [-0.2, -0.15) is 0 Å². The van der Waals surface area contributed by atoms with E-state index in [9.17, 15) is 9.59 Å². The lowest BCUT2D eigenvalue weighted by Crippen LogP contribution is -2.22. The first-order chi connectivity index (χ1) is 8.49. The average molecular weight is 314 g/mol. The maximum Gasteiger partial charge on any atom is 0.337 e. The van der Waals surface area contributed by atoms with Gasteiger partial charge in [-0.25, -0.2) is 4.79 Å². The monoisotopic (exact) mass is 313 g/mol. The van der Waals surface area contributed by atoms with E-state index < -0.39 is 5.97 Å². The molecule has 1 rings (SSSR count). The molecule has 0 fully saturated rings. The van der Waals surface area contributed by atoms with E-state index in [1.54, 1.807) is 12.1 Å². The Morgan fingerprint density at radius 1 is 1.33 bits per heavy atom. The zero-order valence-corrected chi connectivity index (χ0v) is 12.0.